The summed E-state index contributed by atoms with van der Waals surface area (Å²) in [6.45, 7) is 1.47. The number of nitrogens with one attached hydrogen (secondary N) is 1. The number of sulfonamides is 1. The van der Waals surface area contributed by atoms with E-state index in [1.54, 1.807) is 56.5 Å². The first kappa shape index (κ1) is 33.4. The van der Waals surface area contributed by atoms with E-state index >= 15 is 0 Å². The van der Waals surface area contributed by atoms with Gasteiger partial charge in [-0.05, 0) is 66.6 Å². The van der Waals surface area contributed by atoms with Gasteiger partial charge < -0.3 is 19.7 Å². The average Bonchev–Trinajstić information content (AvgIpc) is 3.06. The van der Waals surface area contributed by atoms with Crippen molar-refractivity contribution in [1.29, 1.82) is 0 Å². The number of para-hydroxylation sites is 2. The second-order valence-corrected chi connectivity index (χ2v) is 12.4. The summed E-state index contributed by atoms with van der Waals surface area (Å²) in [5.74, 6) is -0.114. The molecule has 45 heavy (non-hydrogen) atoms. The topological polar surface area (TPSA) is 105 Å². The van der Waals surface area contributed by atoms with Gasteiger partial charge in [-0.2, -0.15) is 0 Å². The molecule has 0 spiro atoms. The summed E-state index contributed by atoms with van der Waals surface area (Å²) in [6, 6.07) is 27.9. The molecule has 2 amide bonds. The zero-order chi connectivity index (χ0) is 32.4. The number of carbonyl (C=O) groups is 2. The molecular weight excluding hydrogens is 614 g/mol. The number of amides is 2. The van der Waals surface area contributed by atoms with Crippen LogP contribution in [-0.4, -0.2) is 58.5 Å². The lowest BCUT2D eigenvalue weighted by atomic mass is 10.0. The second-order valence-electron chi connectivity index (χ2n) is 10.1. The van der Waals surface area contributed by atoms with Crippen molar-refractivity contribution < 1.29 is 27.5 Å². The molecule has 0 heterocycles. The van der Waals surface area contributed by atoms with Crippen molar-refractivity contribution >= 4 is 39.1 Å². The number of hydrogen-bond donors (Lipinski definition) is 1. The lowest BCUT2D eigenvalue weighted by molar-refractivity contribution is -0.139. The van der Waals surface area contributed by atoms with Crippen LogP contribution in [0.2, 0.25) is 5.02 Å². The van der Waals surface area contributed by atoms with E-state index < -0.39 is 34.4 Å². The number of rotatable bonds is 14. The highest BCUT2D eigenvalue weighted by atomic mass is 35.5. The molecule has 0 radical (unpaired) electrons. The van der Waals surface area contributed by atoms with E-state index in [0.29, 0.717) is 16.3 Å². The molecule has 11 heteroatoms. The third-order valence-corrected chi connectivity index (χ3v) is 9.14. The Morgan fingerprint density at radius 3 is 2.22 bits per heavy atom. The molecule has 0 aliphatic carbocycles. The minimum atomic E-state index is -4.31. The van der Waals surface area contributed by atoms with Gasteiger partial charge in [0.25, 0.3) is 10.0 Å². The number of carbonyl (C=O) groups excluding carboxylic acids is 2. The fraction of sp³-hybridized carbons (Fsp3) is 0.235. The van der Waals surface area contributed by atoms with Crippen LogP contribution in [0.25, 0.3) is 0 Å². The normalized spacial score (nSPS) is 11.7. The molecule has 1 N–H and O–H groups in total. The number of benzene rings is 4. The van der Waals surface area contributed by atoms with Gasteiger partial charge in [0.15, 0.2) is 0 Å². The predicted octanol–water partition coefficient (Wildman–Crippen LogP) is 5.33. The zero-order valence-corrected chi connectivity index (χ0v) is 26.9. The van der Waals surface area contributed by atoms with Crippen molar-refractivity contribution in [2.75, 3.05) is 31.6 Å². The highest BCUT2D eigenvalue weighted by molar-refractivity contribution is 7.92. The Morgan fingerprint density at radius 2 is 1.56 bits per heavy atom. The van der Waals surface area contributed by atoms with Gasteiger partial charge in [0.1, 0.15) is 24.1 Å². The number of ether oxygens (including phenoxy) is 2. The quantitative estimate of drug-likeness (QED) is 0.198. The molecule has 236 valence electrons. The Kier molecular flexibility index (Phi) is 11.5. The molecule has 0 saturated heterocycles. The van der Waals surface area contributed by atoms with E-state index in [9.17, 15) is 18.0 Å². The molecular formula is C34H36ClN3O6S. The maximum atomic E-state index is 14.5. The van der Waals surface area contributed by atoms with Crippen molar-refractivity contribution in [2.45, 2.75) is 30.8 Å². The van der Waals surface area contributed by atoms with Crippen molar-refractivity contribution in [1.82, 2.24) is 10.2 Å². The van der Waals surface area contributed by atoms with Gasteiger partial charge in [-0.1, -0.05) is 66.2 Å². The third-order valence-electron chi connectivity index (χ3n) is 7.12. The second kappa shape index (κ2) is 15.5. The highest BCUT2D eigenvalue weighted by Gasteiger charge is 2.35. The van der Waals surface area contributed by atoms with Crippen molar-refractivity contribution in [3.63, 3.8) is 0 Å². The molecule has 0 aromatic heterocycles. The van der Waals surface area contributed by atoms with Crippen LogP contribution in [-0.2, 0) is 32.6 Å². The Hall–Kier alpha value is -4.54. The minimum absolute atomic E-state index is 0.0168. The summed E-state index contributed by atoms with van der Waals surface area (Å²) in [6.07, 6.45) is 0.204. The summed E-state index contributed by atoms with van der Waals surface area (Å²) in [4.78, 5) is 29.3. The van der Waals surface area contributed by atoms with E-state index in [0.717, 1.165) is 9.87 Å². The number of anilines is 1. The fourth-order valence-electron chi connectivity index (χ4n) is 4.88. The van der Waals surface area contributed by atoms with Crippen LogP contribution in [0, 0.1) is 0 Å². The van der Waals surface area contributed by atoms with Crippen LogP contribution >= 0.6 is 11.6 Å². The summed E-state index contributed by atoms with van der Waals surface area (Å²) in [5.41, 5.74) is 1.72. The van der Waals surface area contributed by atoms with Gasteiger partial charge in [-0.3, -0.25) is 13.9 Å². The molecule has 0 fully saturated rings. The minimum Gasteiger partial charge on any atom is -0.497 e. The predicted molar refractivity (Wildman–Crippen MR) is 175 cm³/mol. The van der Waals surface area contributed by atoms with Crippen LogP contribution in [0.5, 0.6) is 11.5 Å². The highest BCUT2D eigenvalue weighted by Crippen LogP contribution is 2.33. The monoisotopic (exact) mass is 649 g/mol. The standard InChI is InChI=1S/C34H36ClN3O6S/c1-4-44-32-16-9-8-15-30(32)38(45(41,42)29-19-17-27(35)18-20-29)24-33(39)37(23-26-13-10-14-28(21-26)43-3)31(34(40)36-2)22-25-11-6-5-7-12-25/h5-21,31H,4,22-24H2,1-3H3,(H,36,40). The van der Waals surface area contributed by atoms with Gasteiger partial charge in [0.2, 0.25) is 11.8 Å². The fourth-order valence-corrected chi connectivity index (χ4v) is 6.43. The summed E-state index contributed by atoms with van der Waals surface area (Å²) < 4.78 is 40.6. The zero-order valence-electron chi connectivity index (χ0n) is 25.4. The van der Waals surface area contributed by atoms with Crippen LogP contribution in [0.15, 0.2) is 108 Å². The Bertz CT molecular complexity index is 1700. The summed E-state index contributed by atoms with van der Waals surface area (Å²) >= 11 is 6.06. The number of methoxy groups -OCH3 is 1. The molecule has 4 aromatic rings. The first-order valence-electron chi connectivity index (χ1n) is 14.4. The van der Waals surface area contributed by atoms with Gasteiger partial charge in [0, 0.05) is 25.0 Å². The number of halogens is 1. The van der Waals surface area contributed by atoms with Gasteiger partial charge in [-0.15, -0.1) is 0 Å². The largest absolute Gasteiger partial charge is 0.497 e. The first-order chi connectivity index (χ1) is 21.7. The number of nitrogens with zero attached hydrogens (tertiary/aromatic N) is 2. The van der Waals surface area contributed by atoms with E-state index in [1.807, 2.05) is 36.4 Å². The lowest BCUT2D eigenvalue weighted by Crippen LogP contribution is -2.53. The van der Waals surface area contributed by atoms with Crippen LogP contribution < -0.4 is 19.1 Å². The van der Waals surface area contributed by atoms with E-state index in [1.165, 1.54) is 36.2 Å². The third kappa shape index (κ3) is 8.34. The molecule has 4 aromatic carbocycles. The molecule has 0 saturated carbocycles. The first-order valence-corrected chi connectivity index (χ1v) is 16.2. The average molecular weight is 650 g/mol. The molecule has 0 aliphatic heterocycles. The smallest absolute Gasteiger partial charge is 0.264 e. The maximum absolute atomic E-state index is 14.5. The molecule has 1 atom stereocenters. The van der Waals surface area contributed by atoms with E-state index in [4.69, 9.17) is 21.1 Å². The van der Waals surface area contributed by atoms with Gasteiger partial charge >= 0.3 is 0 Å². The van der Waals surface area contributed by atoms with Crippen LogP contribution in [0.3, 0.4) is 0 Å². The Labute approximate surface area is 269 Å². The van der Waals surface area contributed by atoms with E-state index in [-0.39, 0.29) is 35.9 Å². The van der Waals surface area contributed by atoms with Crippen LogP contribution in [0.1, 0.15) is 18.1 Å². The van der Waals surface area contributed by atoms with Crippen LogP contribution in [0.4, 0.5) is 5.69 Å². The lowest BCUT2D eigenvalue weighted by Gasteiger charge is -2.34. The number of likely N-dealkylation sites (N-methyl/N-ethyl adjacent to an activating group) is 1. The Morgan fingerprint density at radius 1 is 0.889 bits per heavy atom. The van der Waals surface area contributed by atoms with Gasteiger partial charge in [0.05, 0.1) is 24.3 Å². The molecule has 0 bridgehead atoms. The van der Waals surface area contributed by atoms with Crippen molar-refractivity contribution in [2.24, 2.45) is 0 Å². The SMILES string of the molecule is CCOc1ccccc1N(CC(=O)N(Cc1cccc(OC)c1)C(Cc1ccccc1)C(=O)NC)S(=O)(=O)c1ccc(Cl)cc1. The van der Waals surface area contributed by atoms with E-state index in [2.05, 4.69) is 5.32 Å². The number of hydrogen-bond acceptors (Lipinski definition) is 6. The van der Waals surface area contributed by atoms with Crippen molar-refractivity contribution in [3.8, 4) is 11.5 Å². The summed E-state index contributed by atoms with van der Waals surface area (Å²) in [5, 5.41) is 3.05. The summed E-state index contributed by atoms with van der Waals surface area (Å²) in [7, 11) is -1.26. The molecule has 1 unspecified atom stereocenters. The Balaban J connectivity index is 1.83. The van der Waals surface area contributed by atoms with Gasteiger partial charge in [-0.25, -0.2) is 8.42 Å². The molecule has 9 nitrogen and oxygen atoms in total. The maximum Gasteiger partial charge on any atom is 0.264 e. The molecule has 0 aliphatic rings. The molecule has 4 rings (SSSR count). The van der Waals surface area contributed by atoms with Crippen molar-refractivity contribution in [3.05, 3.63) is 119 Å².